The second kappa shape index (κ2) is 5.37. The SMILES string of the molecule is Cc1cc(C(C)Nc2ccc(N)c3cnccc23)c(C)s1. The molecule has 4 heteroatoms. The number of benzene rings is 1. The Morgan fingerprint density at radius 2 is 2.00 bits per heavy atom. The van der Waals surface area contributed by atoms with Crippen molar-refractivity contribution in [1.82, 2.24) is 4.98 Å². The Kier molecular flexibility index (Phi) is 3.55. The quantitative estimate of drug-likeness (QED) is 0.691. The maximum Gasteiger partial charge on any atom is 0.0496 e. The summed E-state index contributed by atoms with van der Waals surface area (Å²) in [6.45, 7) is 6.52. The third-order valence-corrected chi connectivity index (χ3v) is 4.75. The number of pyridine rings is 1. The highest BCUT2D eigenvalue weighted by Gasteiger charge is 2.13. The molecule has 2 heterocycles. The van der Waals surface area contributed by atoms with Crippen LogP contribution in [-0.2, 0) is 0 Å². The van der Waals surface area contributed by atoms with E-state index in [-0.39, 0.29) is 6.04 Å². The summed E-state index contributed by atoms with van der Waals surface area (Å²) in [5.74, 6) is 0. The molecule has 0 aliphatic carbocycles. The molecule has 3 nitrogen and oxygen atoms in total. The molecular formula is C17H19N3S. The summed E-state index contributed by atoms with van der Waals surface area (Å²) in [6.07, 6.45) is 3.62. The van der Waals surface area contributed by atoms with E-state index < -0.39 is 0 Å². The molecular weight excluding hydrogens is 278 g/mol. The lowest BCUT2D eigenvalue weighted by atomic mass is 10.1. The van der Waals surface area contributed by atoms with E-state index in [2.05, 4.69) is 37.1 Å². The Bertz CT molecular complexity index is 792. The maximum atomic E-state index is 6.03. The smallest absolute Gasteiger partial charge is 0.0496 e. The molecule has 0 fully saturated rings. The van der Waals surface area contributed by atoms with Gasteiger partial charge in [-0.15, -0.1) is 11.3 Å². The van der Waals surface area contributed by atoms with Crippen molar-refractivity contribution in [3.63, 3.8) is 0 Å². The van der Waals surface area contributed by atoms with E-state index in [1.807, 2.05) is 35.7 Å². The predicted molar refractivity (Wildman–Crippen MR) is 92.0 cm³/mol. The molecule has 3 rings (SSSR count). The number of nitrogens with zero attached hydrogens (tertiary/aromatic N) is 1. The van der Waals surface area contributed by atoms with Gasteiger partial charge in [0.05, 0.1) is 0 Å². The van der Waals surface area contributed by atoms with Crippen molar-refractivity contribution < 1.29 is 0 Å². The van der Waals surface area contributed by atoms with Gasteiger partial charge >= 0.3 is 0 Å². The lowest BCUT2D eigenvalue weighted by molar-refractivity contribution is 0.884. The minimum Gasteiger partial charge on any atom is -0.398 e. The van der Waals surface area contributed by atoms with Gasteiger partial charge in [0.15, 0.2) is 0 Å². The van der Waals surface area contributed by atoms with Gasteiger partial charge in [-0.3, -0.25) is 4.98 Å². The molecule has 3 N–H and O–H groups in total. The zero-order valence-corrected chi connectivity index (χ0v) is 13.3. The molecule has 0 saturated heterocycles. The van der Waals surface area contributed by atoms with Crippen LogP contribution in [0.4, 0.5) is 11.4 Å². The summed E-state index contributed by atoms with van der Waals surface area (Å²) < 4.78 is 0. The fourth-order valence-corrected chi connectivity index (χ4v) is 3.75. The number of nitrogens with one attached hydrogen (secondary N) is 1. The van der Waals surface area contributed by atoms with Gasteiger partial charge in [-0.25, -0.2) is 0 Å². The van der Waals surface area contributed by atoms with Crippen LogP contribution < -0.4 is 11.1 Å². The molecule has 21 heavy (non-hydrogen) atoms. The van der Waals surface area contributed by atoms with Crippen LogP contribution in [0.1, 0.15) is 28.3 Å². The third-order valence-electron chi connectivity index (χ3n) is 3.77. The van der Waals surface area contributed by atoms with Crippen molar-refractivity contribution in [3.05, 3.63) is 52.0 Å². The first-order chi connectivity index (χ1) is 10.1. The van der Waals surface area contributed by atoms with E-state index in [9.17, 15) is 0 Å². The Morgan fingerprint density at radius 1 is 1.19 bits per heavy atom. The van der Waals surface area contributed by atoms with Gasteiger partial charge in [0.2, 0.25) is 0 Å². The molecule has 1 aromatic carbocycles. The number of aryl methyl sites for hydroxylation is 2. The number of fused-ring (bicyclic) bond motifs is 1. The van der Waals surface area contributed by atoms with Crippen molar-refractivity contribution in [2.75, 3.05) is 11.1 Å². The normalized spacial score (nSPS) is 12.5. The van der Waals surface area contributed by atoms with Crippen LogP contribution >= 0.6 is 11.3 Å². The Morgan fingerprint density at radius 3 is 2.71 bits per heavy atom. The van der Waals surface area contributed by atoms with E-state index in [4.69, 9.17) is 5.73 Å². The van der Waals surface area contributed by atoms with E-state index in [1.54, 1.807) is 6.20 Å². The van der Waals surface area contributed by atoms with Crippen molar-refractivity contribution in [2.45, 2.75) is 26.8 Å². The molecule has 0 radical (unpaired) electrons. The number of hydrogen-bond acceptors (Lipinski definition) is 4. The van der Waals surface area contributed by atoms with Crippen molar-refractivity contribution in [3.8, 4) is 0 Å². The fraction of sp³-hybridized carbons (Fsp3) is 0.235. The van der Waals surface area contributed by atoms with Gasteiger partial charge < -0.3 is 11.1 Å². The van der Waals surface area contributed by atoms with E-state index >= 15 is 0 Å². The van der Waals surface area contributed by atoms with E-state index in [0.717, 1.165) is 22.1 Å². The second-order valence-electron chi connectivity index (χ2n) is 5.36. The Balaban J connectivity index is 1.99. The van der Waals surface area contributed by atoms with Crippen LogP contribution in [0.3, 0.4) is 0 Å². The van der Waals surface area contributed by atoms with Gasteiger partial charge in [-0.05, 0) is 50.6 Å². The van der Waals surface area contributed by atoms with Crippen LogP contribution in [-0.4, -0.2) is 4.98 Å². The predicted octanol–water partition coefficient (Wildman–Crippen LogP) is 4.67. The topological polar surface area (TPSA) is 50.9 Å². The summed E-state index contributed by atoms with van der Waals surface area (Å²) in [4.78, 5) is 6.88. The fourth-order valence-electron chi connectivity index (χ4n) is 2.73. The zero-order valence-electron chi connectivity index (χ0n) is 12.5. The highest BCUT2D eigenvalue weighted by molar-refractivity contribution is 7.12. The highest BCUT2D eigenvalue weighted by atomic mass is 32.1. The molecule has 0 amide bonds. The van der Waals surface area contributed by atoms with Crippen LogP contribution in [0.2, 0.25) is 0 Å². The first kappa shape index (κ1) is 13.9. The van der Waals surface area contributed by atoms with E-state index in [0.29, 0.717) is 0 Å². The number of anilines is 2. The molecule has 0 bridgehead atoms. The molecule has 2 aromatic heterocycles. The number of nitrogen functional groups attached to an aromatic ring is 1. The van der Waals surface area contributed by atoms with Crippen molar-refractivity contribution in [2.24, 2.45) is 0 Å². The summed E-state index contributed by atoms with van der Waals surface area (Å²) >= 11 is 1.84. The molecule has 1 unspecified atom stereocenters. The zero-order chi connectivity index (χ0) is 15.0. The summed E-state index contributed by atoms with van der Waals surface area (Å²) in [5.41, 5.74) is 9.24. The Hall–Kier alpha value is -2.07. The number of nitrogens with two attached hydrogens (primary N) is 1. The second-order valence-corrected chi connectivity index (χ2v) is 6.82. The highest BCUT2D eigenvalue weighted by Crippen LogP contribution is 2.32. The van der Waals surface area contributed by atoms with Crippen molar-refractivity contribution in [1.29, 1.82) is 0 Å². The average molecular weight is 297 g/mol. The number of rotatable bonds is 3. The molecule has 108 valence electrons. The molecule has 0 aliphatic rings. The van der Waals surface area contributed by atoms with Crippen molar-refractivity contribution >= 4 is 33.5 Å². The minimum atomic E-state index is 0.259. The third kappa shape index (κ3) is 2.59. The summed E-state index contributed by atoms with van der Waals surface area (Å²) in [5, 5.41) is 5.71. The van der Waals surface area contributed by atoms with Gasteiger partial charge in [-0.2, -0.15) is 0 Å². The maximum absolute atomic E-state index is 6.03. The number of hydrogen-bond donors (Lipinski definition) is 2. The standard InChI is InChI=1S/C17H19N3S/c1-10-8-14(12(3)21-10)11(2)20-17-5-4-16(18)15-9-19-7-6-13(15)17/h4-9,11,20H,18H2,1-3H3. The van der Waals surface area contributed by atoms with E-state index in [1.165, 1.54) is 15.3 Å². The molecule has 1 atom stereocenters. The van der Waals surface area contributed by atoms with Gasteiger partial charge in [0.25, 0.3) is 0 Å². The molecule has 3 aromatic rings. The van der Waals surface area contributed by atoms with Gasteiger partial charge in [-0.1, -0.05) is 0 Å². The van der Waals surface area contributed by atoms with Crippen LogP contribution in [0.25, 0.3) is 10.8 Å². The average Bonchev–Trinajstić information content (AvgIpc) is 2.81. The largest absolute Gasteiger partial charge is 0.398 e. The van der Waals surface area contributed by atoms with Gasteiger partial charge in [0, 0.05) is 50.3 Å². The Labute approximate surface area is 128 Å². The summed E-state index contributed by atoms with van der Waals surface area (Å²) in [7, 11) is 0. The van der Waals surface area contributed by atoms with Crippen LogP contribution in [0.5, 0.6) is 0 Å². The number of thiophene rings is 1. The first-order valence-corrected chi connectivity index (χ1v) is 7.83. The monoisotopic (exact) mass is 297 g/mol. The molecule has 0 spiro atoms. The molecule has 0 aliphatic heterocycles. The molecule has 0 saturated carbocycles. The first-order valence-electron chi connectivity index (χ1n) is 7.02. The lowest BCUT2D eigenvalue weighted by Gasteiger charge is -2.17. The summed E-state index contributed by atoms with van der Waals surface area (Å²) in [6, 6.07) is 8.51. The van der Waals surface area contributed by atoms with Crippen LogP contribution in [0, 0.1) is 13.8 Å². The van der Waals surface area contributed by atoms with Crippen LogP contribution in [0.15, 0.2) is 36.7 Å². The van der Waals surface area contributed by atoms with Gasteiger partial charge in [0.1, 0.15) is 0 Å². The minimum absolute atomic E-state index is 0.259. The number of aromatic nitrogens is 1. The lowest BCUT2D eigenvalue weighted by Crippen LogP contribution is -2.07.